The highest BCUT2D eigenvalue weighted by Crippen LogP contribution is 2.28. The van der Waals surface area contributed by atoms with Crippen LogP contribution in [0.5, 0.6) is 0 Å². The van der Waals surface area contributed by atoms with Crippen molar-refractivity contribution >= 4 is 61.6 Å². The molecule has 2 heterocycles. The highest BCUT2D eigenvalue weighted by atomic mass is 127. The zero-order valence-electron chi connectivity index (χ0n) is 11.6. The van der Waals surface area contributed by atoms with Crippen molar-refractivity contribution in [2.24, 2.45) is 7.05 Å². The normalized spacial score (nSPS) is 10.9. The van der Waals surface area contributed by atoms with Crippen molar-refractivity contribution in [2.75, 3.05) is 5.32 Å². The summed E-state index contributed by atoms with van der Waals surface area (Å²) in [5, 5.41) is 12.2. The number of nitrogens with one attached hydrogen (secondary N) is 1. The summed E-state index contributed by atoms with van der Waals surface area (Å²) in [5.74, 6) is -1.80. The van der Waals surface area contributed by atoms with Crippen LogP contribution in [0.3, 0.4) is 0 Å². The Labute approximate surface area is 146 Å². The van der Waals surface area contributed by atoms with Gasteiger partial charge in [0.2, 0.25) is 0 Å². The Kier molecular flexibility index (Phi) is 4.06. The van der Waals surface area contributed by atoms with E-state index in [0.29, 0.717) is 3.57 Å². The van der Waals surface area contributed by atoms with E-state index in [0.717, 1.165) is 15.9 Å². The second-order valence-electron chi connectivity index (χ2n) is 4.67. The van der Waals surface area contributed by atoms with Gasteiger partial charge in [-0.15, -0.1) is 11.3 Å². The van der Waals surface area contributed by atoms with Gasteiger partial charge in [0.05, 0.1) is 11.2 Å². The van der Waals surface area contributed by atoms with Crippen LogP contribution < -0.4 is 10.9 Å². The van der Waals surface area contributed by atoms with Gasteiger partial charge in [-0.05, 0) is 40.8 Å². The Hall–Kier alpha value is -2.01. The van der Waals surface area contributed by atoms with Crippen molar-refractivity contribution < 1.29 is 14.3 Å². The predicted molar refractivity (Wildman–Crippen MR) is 94.2 cm³/mol. The molecule has 0 saturated carbocycles. The Balaban J connectivity index is 2.27. The lowest BCUT2D eigenvalue weighted by Gasteiger charge is -2.15. The number of carboxylic acids is 1. The summed E-state index contributed by atoms with van der Waals surface area (Å²) in [5.41, 5.74) is 1.03. The molecule has 3 aromatic rings. The van der Waals surface area contributed by atoms with E-state index in [1.165, 1.54) is 24.7 Å². The molecule has 3 rings (SSSR count). The largest absolute Gasteiger partial charge is 0.477 e. The first-order valence-electron chi connectivity index (χ1n) is 6.31. The maximum absolute atomic E-state index is 14.0. The first-order chi connectivity index (χ1) is 10.9. The van der Waals surface area contributed by atoms with Crippen LogP contribution in [0.4, 0.5) is 15.9 Å². The number of nitrogens with zero attached hydrogens (tertiary/aromatic N) is 2. The molecule has 0 atom stereocenters. The molecule has 0 aliphatic rings. The van der Waals surface area contributed by atoms with E-state index >= 15 is 0 Å². The quantitative estimate of drug-likeness (QED) is 0.606. The Morgan fingerprint density at radius 2 is 2.22 bits per heavy atom. The first kappa shape index (κ1) is 15.9. The minimum Gasteiger partial charge on any atom is -0.477 e. The van der Waals surface area contributed by atoms with Gasteiger partial charge in [-0.1, -0.05) is 0 Å². The maximum atomic E-state index is 14.0. The summed E-state index contributed by atoms with van der Waals surface area (Å²) in [6, 6.07) is 4.47. The number of rotatable bonds is 3. The minimum absolute atomic E-state index is 0.0130. The van der Waals surface area contributed by atoms with E-state index in [-0.39, 0.29) is 32.8 Å². The van der Waals surface area contributed by atoms with Crippen LogP contribution in [0, 0.1) is 9.39 Å². The predicted octanol–water partition coefficient (Wildman–Crippen LogP) is 3.18. The van der Waals surface area contributed by atoms with Crippen LogP contribution in [0.15, 0.2) is 28.5 Å². The lowest BCUT2D eigenvalue weighted by Crippen LogP contribution is -2.23. The Morgan fingerprint density at radius 3 is 2.87 bits per heavy atom. The smallest absolute Gasteiger partial charge is 0.341 e. The summed E-state index contributed by atoms with van der Waals surface area (Å²) in [6.45, 7) is 0. The monoisotopic (exact) mass is 445 g/mol. The number of aromatic carboxylic acids is 1. The van der Waals surface area contributed by atoms with Crippen molar-refractivity contribution in [3.63, 3.8) is 0 Å². The number of hydrogen-bond donors (Lipinski definition) is 2. The number of fused-ring (bicyclic) bond motifs is 1. The Bertz CT molecular complexity index is 999. The molecule has 0 unspecified atom stereocenters. The second kappa shape index (κ2) is 5.89. The van der Waals surface area contributed by atoms with E-state index in [4.69, 9.17) is 0 Å². The average molecular weight is 445 g/mol. The van der Waals surface area contributed by atoms with Gasteiger partial charge in [0.1, 0.15) is 27.4 Å². The third-order valence-corrected chi connectivity index (χ3v) is 4.76. The molecular weight excluding hydrogens is 436 g/mol. The number of thiazole rings is 1. The molecule has 0 spiro atoms. The third-order valence-electron chi connectivity index (χ3n) is 3.27. The van der Waals surface area contributed by atoms with Crippen LogP contribution >= 0.6 is 33.9 Å². The van der Waals surface area contributed by atoms with Gasteiger partial charge >= 0.3 is 5.97 Å². The van der Waals surface area contributed by atoms with E-state index in [9.17, 15) is 19.1 Å². The molecule has 0 aliphatic heterocycles. The van der Waals surface area contributed by atoms with Crippen molar-refractivity contribution in [1.29, 1.82) is 0 Å². The van der Waals surface area contributed by atoms with Crippen LogP contribution in [0.2, 0.25) is 0 Å². The SMILES string of the molecule is Cn1c(Nc2ccc(I)cc2F)c(C(=O)O)c2ncsc2c1=O. The van der Waals surface area contributed by atoms with Crippen LogP contribution in [-0.2, 0) is 7.05 Å². The average Bonchev–Trinajstić information content (AvgIpc) is 2.96. The fourth-order valence-electron chi connectivity index (χ4n) is 2.18. The summed E-state index contributed by atoms with van der Waals surface area (Å²) in [4.78, 5) is 27.9. The summed E-state index contributed by atoms with van der Waals surface area (Å²) >= 11 is 3.04. The number of carbonyl (C=O) groups is 1. The van der Waals surface area contributed by atoms with Crippen LogP contribution in [0.25, 0.3) is 10.2 Å². The molecule has 0 saturated heterocycles. The molecule has 0 radical (unpaired) electrons. The van der Waals surface area contributed by atoms with Crippen LogP contribution in [-0.4, -0.2) is 20.6 Å². The van der Waals surface area contributed by atoms with Crippen molar-refractivity contribution in [1.82, 2.24) is 9.55 Å². The summed E-state index contributed by atoms with van der Waals surface area (Å²) < 4.78 is 16.1. The van der Waals surface area contributed by atoms with Crippen molar-refractivity contribution in [2.45, 2.75) is 0 Å². The molecule has 118 valence electrons. The molecule has 0 amide bonds. The number of anilines is 2. The van der Waals surface area contributed by atoms with Gasteiger partial charge in [0.25, 0.3) is 5.56 Å². The van der Waals surface area contributed by atoms with E-state index in [2.05, 4.69) is 10.3 Å². The number of aromatic nitrogens is 2. The van der Waals surface area contributed by atoms with Crippen LogP contribution in [0.1, 0.15) is 10.4 Å². The standard InChI is InChI=1S/C14H9FIN3O3S/c1-19-12(18-8-3-2-6(16)4-7(8)15)9(14(21)22)10-11(13(19)20)23-5-17-10/h2-5,18H,1H3,(H,21,22). The van der Waals surface area contributed by atoms with E-state index in [1.54, 1.807) is 6.07 Å². The summed E-state index contributed by atoms with van der Waals surface area (Å²) in [7, 11) is 1.43. The number of pyridine rings is 1. The molecule has 23 heavy (non-hydrogen) atoms. The highest BCUT2D eigenvalue weighted by molar-refractivity contribution is 14.1. The van der Waals surface area contributed by atoms with Gasteiger partial charge < -0.3 is 10.4 Å². The molecule has 2 N–H and O–H groups in total. The fraction of sp³-hybridized carbons (Fsp3) is 0.0714. The maximum Gasteiger partial charge on any atom is 0.341 e. The molecule has 9 heteroatoms. The molecule has 0 fully saturated rings. The molecule has 1 aromatic carbocycles. The van der Waals surface area contributed by atoms with Gasteiger partial charge in [-0.3, -0.25) is 9.36 Å². The van der Waals surface area contributed by atoms with Gasteiger partial charge in [0.15, 0.2) is 0 Å². The number of benzene rings is 1. The Morgan fingerprint density at radius 1 is 1.48 bits per heavy atom. The van der Waals surface area contributed by atoms with Gasteiger partial charge in [0, 0.05) is 10.6 Å². The van der Waals surface area contributed by atoms with Gasteiger partial charge in [-0.25, -0.2) is 14.2 Å². The molecule has 0 aliphatic carbocycles. The summed E-state index contributed by atoms with van der Waals surface area (Å²) in [6.07, 6.45) is 0. The number of hydrogen-bond acceptors (Lipinski definition) is 5. The number of halogens is 2. The van der Waals surface area contributed by atoms with E-state index in [1.807, 2.05) is 22.6 Å². The molecule has 0 bridgehead atoms. The molecule has 6 nitrogen and oxygen atoms in total. The zero-order valence-corrected chi connectivity index (χ0v) is 14.6. The molecular formula is C14H9FIN3O3S. The first-order valence-corrected chi connectivity index (χ1v) is 8.27. The minimum atomic E-state index is -1.25. The van der Waals surface area contributed by atoms with Gasteiger partial charge in [-0.2, -0.15) is 0 Å². The molecule has 2 aromatic heterocycles. The third kappa shape index (κ3) is 2.70. The lowest BCUT2D eigenvalue weighted by molar-refractivity contribution is 0.0699. The van der Waals surface area contributed by atoms with Crippen molar-refractivity contribution in [3.8, 4) is 0 Å². The van der Waals surface area contributed by atoms with Crippen molar-refractivity contribution in [3.05, 3.63) is 49.0 Å². The second-order valence-corrected chi connectivity index (χ2v) is 6.77. The zero-order chi connectivity index (χ0) is 16.7. The van der Waals surface area contributed by atoms with E-state index < -0.39 is 11.8 Å². The highest BCUT2D eigenvalue weighted by Gasteiger charge is 2.23. The topological polar surface area (TPSA) is 84.2 Å². The fourth-order valence-corrected chi connectivity index (χ4v) is 3.40. The number of carboxylic acid groups (broad SMARTS) is 1. The lowest BCUT2D eigenvalue weighted by atomic mass is 10.2.